The smallest absolute Gasteiger partial charge is 0.166 e. The second kappa shape index (κ2) is 2.99. The van der Waals surface area contributed by atoms with Crippen molar-refractivity contribution in [3.05, 3.63) is 11.6 Å². The molecule has 0 aromatic heterocycles. The van der Waals surface area contributed by atoms with Gasteiger partial charge in [-0.25, -0.2) is 0 Å². The molecule has 60 valence electrons. The third-order valence-corrected chi connectivity index (χ3v) is 1.68. The maximum atomic E-state index is 11.0. The Bertz CT molecular complexity index is 206. The summed E-state index contributed by atoms with van der Waals surface area (Å²) in [5.41, 5.74) is 0.431. The molecular formula is C9H12O2. The highest BCUT2D eigenvalue weighted by molar-refractivity contribution is 6.25. The first-order chi connectivity index (χ1) is 5.11. The zero-order chi connectivity index (χ0) is 8.43. The summed E-state index contributed by atoms with van der Waals surface area (Å²) >= 11 is 0. The summed E-state index contributed by atoms with van der Waals surface area (Å²) in [6.07, 6.45) is 2.59. The van der Waals surface area contributed by atoms with Gasteiger partial charge in [0.2, 0.25) is 0 Å². The molecule has 1 rings (SSSR count). The molecule has 0 saturated heterocycles. The maximum Gasteiger partial charge on any atom is 0.166 e. The highest BCUT2D eigenvalue weighted by Crippen LogP contribution is 2.18. The van der Waals surface area contributed by atoms with Crippen molar-refractivity contribution in [1.29, 1.82) is 0 Å². The monoisotopic (exact) mass is 152 g/mol. The molecule has 2 heteroatoms. The molecule has 2 nitrogen and oxygen atoms in total. The molecule has 0 atom stereocenters. The van der Waals surface area contributed by atoms with Crippen LogP contribution in [0.2, 0.25) is 0 Å². The minimum absolute atomic E-state index is 0.0173. The Morgan fingerprint density at radius 3 is 2.00 bits per heavy atom. The lowest BCUT2D eigenvalue weighted by Crippen LogP contribution is -2.00. The van der Waals surface area contributed by atoms with Gasteiger partial charge in [-0.05, 0) is 5.92 Å². The summed E-state index contributed by atoms with van der Waals surface area (Å²) in [5, 5.41) is 0. The second-order valence-electron chi connectivity index (χ2n) is 3.17. The third-order valence-electron chi connectivity index (χ3n) is 1.68. The molecule has 0 amide bonds. The minimum Gasteiger partial charge on any atom is -0.294 e. The lowest BCUT2D eigenvalue weighted by Gasteiger charge is -1.96. The van der Waals surface area contributed by atoms with E-state index in [-0.39, 0.29) is 17.5 Å². The van der Waals surface area contributed by atoms with Crippen LogP contribution in [0.1, 0.15) is 26.7 Å². The van der Waals surface area contributed by atoms with Crippen LogP contribution < -0.4 is 0 Å². The van der Waals surface area contributed by atoms with E-state index in [0.29, 0.717) is 18.4 Å². The molecule has 0 bridgehead atoms. The molecule has 0 aromatic rings. The van der Waals surface area contributed by atoms with Crippen molar-refractivity contribution >= 4 is 11.6 Å². The van der Waals surface area contributed by atoms with E-state index in [0.717, 1.165) is 0 Å². The van der Waals surface area contributed by atoms with Crippen LogP contribution in [0.15, 0.2) is 11.6 Å². The quantitative estimate of drug-likeness (QED) is 0.421. The molecule has 1 saturated carbocycles. The van der Waals surface area contributed by atoms with Crippen LogP contribution in [-0.4, -0.2) is 11.6 Å². The van der Waals surface area contributed by atoms with Gasteiger partial charge in [-0.15, -0.1) is 0 Å². The van der Waals surface area contributed by atoms with Crippen molar-refractivity contribution in [3.63, 3.8) is 0 Å². The van der Waals surface area contributed by atoms with E-state index in [1.54, 1.807) is 6.08 Å². The number of Topliss-reactive ketones (excluding diaryl/α,β-unsaturated/α-hetero) is 2. The van der Waals surface area contributed by atoms with Crippen LogP contribution in [0.25, 0.3) is 0 Å². The van der Waals surface area contributed by atoms with Crippen LogP contribution in [0, 0.1) is 5.92 Å². The number of rotatable bonds is 1. The normalized spacial score (nSPS) is 18.3. The Balaban J connectivity index is 2.84. The summed E-state index contributed by atoms with van der Waals surface area (Å²) < 4.78 is 0. The molecule has 1 fully saturated rings. The fraction of sp³-hybridized carbons (Fsp3) is 0.556. The Labute approximate surface area is 66.3 Å². The van der Waals surface area contributed by atoms with Crippen molar-refractivity contribution < 1.29 is 9.59 Å². The van der Waals surface area contributed by atoms with Gasteiger partial charge in [0.05, 0.1) is 5.57 Å². The highest BCUT2D eigenvalue weighted by Gasteiger charge is 2.25. The predicted octanol–water partition coefficient (Wildman–Crippen LogP) is 1.50. The Morgan fingerprint density at radius 1 is 1.18 bits per heavy atom. The number of carbonyl (C=O) groups is 2. The Hall–Kier alpha value is -0.920. The average Bonchev–Trinajstić information content (AvgIpc) is 2.18. The topological polar surface area (TPSA) is 34.1 Å². The standard InChI is InChI=1S/C9H12O2/c1-6(2)5-7-8(10)3-4-9(7)11/h5-6H,3-4H2,1-2H3. The molecule has 1 aliphatic carbocycles. The third kappa shape index (κ3) is 1.76. The number of hydrogen-bond donors (Lipinski definition) is 0. The molecule has 1 aliphatic rings. The molecule has 0 radical (unpaired) electrons. The zero-order valence-corrected chi connectivity index (χ0v) is 6.89. The van der Waals surface area contributed by atoms with E-state index in [4.69, 9.17) is 0 Å². The van der Waals surface area contributed by atoms with Crippen LogP contribution in [0.5, 0.6) is 0 Å². The summed E-state index contributed by atoms with van der Waals surface area (Å²) in [4.78, 5) is 22.1. The zero-order valence-electron chi connectivity index (χ0n) is 6.89. The molecule has 0 heterocycles. The van der Waals surface area contributed by atoms with Gasteiger partial charge in [0.15, 0.2) is 11.6 Å². The van der Waals surface area contributed by atoms with Gasteiger partial charge in [-0.1, -0.05) is 19.9 Å². The number of carbonyl (C=O) groups excluding carboxylic acids is 2. The Kier molecular flexibility index (Phi) is 2.22. The molecular weight excluding hydrogens is 140 g/mol. The fourth-order valence-corrected chi connectivity index (χ4v) is 1.17. The highest BCUT2D eigenvalue weighted by atomic mass is 16.2. The maximum absolute atomic E-state index is 11.0. The van der Waals surface area contributed by atoms with Gasteiger partial charge in [0.25, 0.3) is 0 Å². The SMILES string of the molecule is CC(C)C=C1C(=O)CCC1=O. The molecule has 11 heavy (non-hydrogen) atoms. The average molecular weight is 152 g/mol. The molecule has 0 N–H and O–H groups in total. The van der Waals surface area contributed by atoms with Crippen LogP contribution in [0.3, 0.4) is 0 Å². The number of allylic oxidation sites excluding steroid dienone is 2. The summed E-state index contributed by atoms with van der Waals surface area (Å²) in [5.74, 6) is 0.323. The van der Waals surface area contributed by atoms with Crippen LogP contribution in [-0.2, 0) is 9.59 Å². The minimum atomic E-state index is 0.0173. The van der Waals surface area contributed by atoms with Gasteiger partial charge in [-0.3, -0.25) is 9.59 Å². The lowest BCUT2D eigenvalue weighted by atomic mass is 10.1. The van der Waals surface area contributed by atoms with Gasteiger partial charge in [-0.2, -0.15) is 0 Å². The first kappa shape index (κ1) is 8.18. The van der Waals surface area contributed by atoms with E-state index in [2.05, 4.69) is 0 Å². The van der Waals surface area contributed by atoms with Crippen molar-refractivity contribution in [3.8, 4) is 0 Å². The molecule has 0 unspecified atom stereocenters. The van der Waals surface area contributed by atoms with Crippen molar-refractivity contribution in [1.82, 2.24) is 0 Å². The van der Waals surface area contributed by atoms with Gasteiger partial charge < -0.3 is 0 Å². The predicted molar refractivity (Wildman–Crippen MR) is 42.2 cm³/mol. The van der Waals surface area contributed by atoms with Crippen LogP contribution >= 0.6 is 0 Å². The van der Waals surface area contributed by atoms with Crippen LogP contribution in [0.4, 0.5) is 0 Å². The first-order valence-corrected chi connectivity index (χ1v) is 3.89. The van der Waals surface area contributed by atoms with E-state index in [1.807, 2.05) is 13.8 Å². The van der Waals surface area contributed by atoms with Gasteiger partial charge in [0.1, 0.15) is 0 Å². The summed E-state index contributed by atoms with van der Waals surface area (Å²) in [7, 11) is 0. The van der Waals surface area contributed by atoms with E-state index in [1.165, 1.54) is 0 Å². The van der Waals surface area contributed by atoms with E-state index >= 15 is 0 Å². The van der Waals surface area contributed by atoms with Crippen molar-refractivity contribution in [2.45, 2.75) is 26.7 Å². The van der Waals surface area contributed by atoms with Gasteiger partial charge >= 0.3 is 0 Å². The molecule has 0 aliphatic heterocycles. The molecule has 0 aromatic carbocycles. The summed E-state index contributed by atoms with van der Waals surface area (Å²) in [6.45, 7) is 3.93. The van der Waals surface area contributed by atoms with E-state index < -0.39 is 0 Å². The first-order valence-electron chi connectivity index (χ1n) is 3.89. The Morgan fingerprint density at radius 2 is 1.64 bits per heavy atom. The fourth-order valence-electron chi connectivity index (χ4n) is 1.17. The van der Waals surface area contributed by atoms with Gasteiger partial charge in [0, 0.05) is 12.8 Å². The van der Waals surface area contributed by atoms with Crippen molar-refractivity contribution in [2.75, 3.05) is 0 Å². The van der Waals surface area contributed by atoms with Crippen molar-refractivity contribution in [2.24, 2.45) is 5.92 Å². The largest absolute Gasteiger partial charge is 0.294 e. The summed E-state index contributed by atoms with van der Waals surface area (Å²) in [6, 6.07) is 0. The van der Waals surface area contributed by atoms with E-state index in [9.17, 15) is 9.59 Å². The second-order valence-corrected chi connectivity index (χ2v) is 3.17. The molecule has 0 spiro atoms. The lowest BCUT2D eigenvalue weighted by molar-refractivity contribution is -0.116. The number of hydrogen-bond acceptors (Lipinski definition) is 2. The number of ketones is 2.